The van der Waals surface area contributed by atoms with Crippen LogP contribution in [-0.4, -0.2) is 45.4 Å². The molecule has 0 bridgehead atoms. The van der Waals surface area contributed by atoms with Gasteiger partial charge in [-0.25, -0.2) is 0 Å². The highest BCUT2D eigenvalue weighted by molar-refractivity contribution is 7.15. The molecule has 1 aromatic heterocycles. The van der Waals surface area contributed by atoms with Crippen LogP contribution in [0, 0.1) is 5.92 Å². The maximum atomic E-state index is 5.43. The third-order valence-electron chi connectivity index (χ3n) is 3.48. The van der Waals surface area contributed by atoms with E-state index in [-0.39, 0.29) is 0 Å². The van der Waals surface area contributed by atoms with Crippen LogP contribution in [0.15, 0.2) is 0 Å². The molecule has 2 unspecified atom stereocenters. The number of anilines is 1. The fraction of sp³-hybridized carbons (Fsp3) is 0.769. The summed E-state index contributed by atoms with van der Waals surface area (Å²) in [6.45, 7) is 4.79. The van der Waals surface area contributed by atoms with Crippen LogP contribution < -0.4 is 15.0 Å². The van der Waals surface area contributed by atoms with E-state index in [4.69, 9.17) is 9.47 Å². The quantitative estimate of drug-likeness (QED) is 0.862. The summed E-state index contributed by atoms with van der Waals surface area (Å²) in [6, 6.07) is 0.456. The molecular weight excluding hydrogens is 262 g/mol. The first kappa shape index (κ1) is 14.6. The minimum absolute atomic E-state index is 0.456. The van der Waals surface area contributed by atoms with Gasteiger partial charge in [-0.2, -0.15) is 4.98 Å². The molecule has 5 nitrogen and oxygen atoms in total. The van der Waals surface area contributed by atoms with Crippen LogP contribution in [-0.2, 0) is 11.3 Å². The van der Waals surface area contributed by atoms with Gasteiger partial charge < -0.3 is 19.7 Å². The Kier molecular flexibility index (Phi) is 5.01. The average molecular weight is 285 g/mol. The van der Waals surface area contributed by atoms with Gasteiger partial charge >= 0.3 is 0 Å². The lowest BCUT2D eigenvalue weighted by atomic mass is 10.0. The summed E-state index contributed by atoms with van der Waals surface area (Å²) in [6.07, 6.45) is 1.15. The van der Waals surface area contributed by atoms with E-state index in [0.717, 1.165) is 42.1 Å². The summed E-state index contributed by atoms with van der Waals surface area (Å²) in [7, 11) is 5.66. The zero-order valence-electron chi connectivity index (χ0n) is 12.1. The maximum Gasteiger partial charge on any atom is 0.230 e. The molecule has 2 rings (SSSR count). The van der Waals surface area contributed by atoms with Crippen molar-refractivity contribution >= 4 is 16.5 Å². The SMILES string of the molecule is COc1nc(N(C)C)sc1CNC(C)C1CCOC1. The van der Waals surface area contributed by atoms with E-state index in [1.807, 2.05) is 19.0 Å². The van der Waals surface area contributed by atoms with Crippen LogP contribution in [0.2, 0.25) is 0 Å². The number of hydrogen-bond donors (Lipinski definition) is 1. The highest BCUT2D eigenvalue weighted by Crippen LogP contribution is 2.30. The van der Waals surface area contributed by atoms with Crippen molar-refractivity contribution in [1.29, 1.82) is 0 Å². The van der Waals surface area contributed by atoms with Crippen molar-refractivity contribution < 1.29 is 9.47 Å². The minimum Gasteiger partial charge on any atom is -0.480 e. The Bertz CT molecular complexity index is 403. The molecule has 19 heavy (non-hydrogen) atoms. The minimum atomic E-state index is 0.456. The first-order chi connectivity index (χ1) is 9.11. The average Bonchev–Trinajstić information content (AvgIpc) is 3.04. The predicted octanol–water partition coefficient (Wildman–Crippen LogP) is 1.73. The van der Waals surface area contributed by atoms with Gasteiger partial charge in [-0.3, -0.25) is 0 Å². The Morgan fingerprint density at radius 1 is 1.58 bits per heavy atom. The number of nitrogens with one attached hydrogen (secondary N) is 1. The molecule has 1 aliphatic rings. The van der Waals surface area contributed by atoms with Crippen molar-refractivity contribution in [1.82, 2.24) is 10.3 Å². The first-order valence-corrected chi connectivity index (χ1v) is 7.45. The smallest absolute Gasteiger partial charge is 0.230 e. The van der Waals surface area contributed by atoms with Crippen LogP contribution >= 0.6 is 11.3 Å². The molecule has 0 aromatic carbocycles. The molecule has 0 radical (unpaired) electrons. The summed E-state index contributed by atoms with van der Waals surface area (Å²) in [5.74, 6) is 1.35. The molecular formula is C13H23N3O2S. The third kappa shape index (κ3) is 3.58. The van der Waals surface area contributed by atoms with Gasteiger partial charge in [0.2, 0.25) is 5.88 Å². The Hall–Kier alpha value is -0.850. The second-order valence-corrected chi connectivity index (χ2v) is 6.18. The molecule has 1 saturated heterocycles. The summed E-state index contributed by atoms with van der Waals surface area (Å²) in [5.41, 5.74) is 0. The van der Waals surface area contributed by atoms with Gasteiger partial charge in [-0.05, 0) is 19.3 Å². The van der Waals surface area contributed by atoms with E-state index in [1.165, 1.54) is 0 Å². The topological polar surface area (TPSA) is 46.6 Å². The Morgan fingerprint density at radius 2 is 2.37 bits per heavy atom. The van der Waals surface area contributed by atoms with Crippen molar-refractivity contribution in [3.05, 3.63) is 4.88 Å². The van der Waals surface area contributed by atoms with Gasteiger partial charge in [0, 0.05) is 33.3 Å². The summed E-state index contributed by atoms with van der Waals surface area (Å²) < 4.78 is 10.8. The van der Waals surface area contributed by atoms with Crippen LogP contribution in [0.5, 0.6) is 5.88 Å². The fourth-order valence-electron chi connectivity index (χ4n) is 2.16. The number of thiazole rings is 1. The lowest BCUT2D eigenvalue weighted by molar-refractivity contribution is 0.178. The summed E-state index contributed by atoms with van der Waals surface area (Å²) >= 11 is 1.67. The van der Waals surface area contributed by atoms with Crippen molar-refractivity contribution in [3.8, 4) is 5.88 Å². The van der Waals surface area contributed by atoms with E-state index < -0.39 is 0 Å². The fourth-order valence-corrected chi connectivity index (χ4v) is 3.06. The van der Waals surface area contributed by atoms with Crippen molar-refractivity contribution in [2.75, 3.05) is 39.3 Å². The maximum absolute atomic E-state index is 5.43. The van der Waals surface area contributed by atoms with Crippen LogP contribution in [0.4, 0.5) is 5.13 Å². The lowest BCUT2D eigenvalue weighted by Gasteiger charge is -2.18. The van der Waals surface area contributed by atoms with E-state index >= 15 is 0 Å². The van der Waals surface area contributed by atoms with Crippen molar-refractivity contribution in [2.24, 2.45) is 5.92 Å². The molecule has 2 atom stereocenters. The second kappa shape index (κ2) is 6.54. The second-order valence-electron chi connectivity index (χ2n) is 5.12. The Balaban J connectivity index is 1.94. The molecule has 0 aliphatic carbocycles. The first-order valence-electron chi connectivity index (χ1n) is 6.64. The zero-order chi connectivity index (χ0) is 13.8. The largest absolute Gasteiger partial charge is 0.480 e. The van der Waals surface area contributed by atoms with E-state index in [9.17, 15) is 0 Å². The molecule has 1 N–H and O–H groups in total. The van der Waals surface area contributed by atoms with E-state index in [2.05, 4.69) is 17.2 Å². The third-order valence-corrected chi connectivity index (χ3v) is 4.69. The van der Waals surface area contributed by atoms with Gasteiger partial charge in [0.1, 0.15) is 0 Å². The normalized spacial score (nSPS) is 20.5. The highest BCUT2D eigenvalue weighted by Gasteiger charge is 2.22. The number of methoxy groups -OCH3 is 1. The molecule has 2 heterocycles. The standard InChI is InChI=1S/C13H23N3O2S/c1-9(10-5-6-18-8-10)14-7-11-12(17-4)15-13(19-11)16(2)3/h9-10,14H,5-8H2,1-4H3. The lowest BCUT2D eigenvalue weighted by Crippen LogP contribution is -2.33. The van der Waals surface area contributed by atoms with Crippen LogP contribution in [0.1, 0.15) is 18.2 Å². The Morgan fingerprint density at radius 3 is 2.95 bits per heavy atom. The van der Waals surface area contributed by atoms with Crippen molar-refractivity contribution in [3.63, 3.8) is 0 Å². The van der Waals surface area contributed by atoms with Gasteiger partial charge in [0.05, 0.1) is 18.6 Å². The van der Waals surface area contributed by atoms with Gasteiger partial charge in [0.15, 0.2) is 5.13 Å². The van der Waals surface area contributed by atoms with Gasteiger partial charge in [-0.1, -0.05) is 11.3 Å². The number of aromatic nitrogens is 1. The van der Waals surface area contributed by atoms with Crippen molar-refractivity contribution in [2.45, 2.75) is 25.9 Å². The van der Waals surface area contributed by atoms with Gasteiger partial charge in [-0.15, -0.1) is 0 Å². The van der Waals surface area contributed by atoms with Gasteiger partial charge in [0.25, 0.3) is 0 Å². The molecule has 1 aliphatic heterocycles. The molecule has 0 amide bonds. The molecule has 1 aromatic rings. The monoisotopic (exact) mass is 285 g/mol. The molecule has 0 saturated carbocycles. The van der Waals surface area contributed by atoms with E-state index in [1.54, 1.807) is 18.4 Å². The van der Waals surface area contributed by atoms with Crippen LogP contribution in [0.25, 0.3) is 0 Å². The summed E-state index contributed by atoms with van der Waals surface area (Å²) in [4.78, 5) is 7.62. The number of rotatable bonds is 6. The molecule has 1 fully saturated rings. The predicted molar refractivity (Wildman–Crippen MR) is 78.2 cm³/mol. The number of ether oxygens (including phenoxy) is 2. The molecule has 6 heteroatoms. The summed E-state index contributed by atoms with van der Waals surface area (Å²) in [5, 5.41) is 4.54. The number of hydrogen-bond acceptors (Lipinski definition) is 6. The molecule has 108 valence electrons. The Labute approximate surface area is 118 Å². The van der Waals surface area contributed by atoms with Crippen LogP contribution in [0.3, 0.4) is 0 Å². The van der Waals surface area contributed by atoms with E-state index in [0.29, 0.717) is 12.0 Å². The molecule has 0 spiro atoms. The number of nitrogens with zero attached hydrogens (tertiary/aromatic N) is 2. The highest BCUT2D eigenvalue weighted by atomic mass is 32.1. The zero-order valence-corrected chi connectivity index (χ0v) is 12.9.